The van der Waals surface area contributed by atoms with Crippen LogP contribution in [0.4, 0.5) is 4.79 Å². The van der Waals surface area contributed by atoms with Crippen LogP contribution in [0.3, 0.4) is 0 Å². The summed E-state index contributed by atoms with van der Waals surface area (Å²) in [6.45, 7) is 13.5. The number of rotatable bonds is 6. The van der Waals surface area contributed by atoms with Crippen LogP contribution in [-0.4, -0.2) is 38.3 Å². The highest BCUT2D eigenvalue weighted by Gasteiger charge is 2.32. The van der Waals surface area contributed by atoms with E-state index in [1.807, 2.05) is 17.9 Å². The minimum Gasteiger partial charge on any atom is -0.336 e. The summed E-state index contributed by atoms with van der Waals surface area (Å²) in [5, 5.41) is 11.7. The molecule has 0 spiro atoms. The highest BCUT2D eigenvalue weighted by molar-refractivity contribution is 5.75. The molecule has 0 radical (unpaired) electrons. The molecule has 0 aromatic carbocycles. The second-order valence-electron chi connectivity index (χ2n) is 6.66. The van der Waals surface area contributed by atoms with Gasteiger partial charge in [-0.1, -0.05) is 19.9 Å². The first kappa shape index (κ1) is 17.5. The molecule has 128 valence electrons. The maximum absolute atomic E-state index is 12.5. The van der Waals surface area contributed by atoms with Gasteiger partial charge in [-0.15, -0.1) is 16.8 Å². The quantitative estimate of drug-likeness (QED) is 0.647. The molecule has 0 fully saturated rings. The predicted octanol–water partition coefficient (Wildman–Crippen LogP) is 3.23. The smallest absolute Gasteiger partial charge is 0.318 e. The monoisotopic (exact) mass is 319 g/mol. The molecule has 1 aliphatic rings. The third-order valence-corrected chi connectivity index (χ3v) is 4.41. The minimum atomic E-state index is -0.0517. The average Bonchev–Trinajstić information content (AvgIpc) is 2.92. The van der Waals surface area contributed by atoms with Crippen LogP contribution in [-0.2, 0) is 6.54 Å². The molecule has 2 atom stereocenters. The van der Waals surface area contributed by atoms with Crippen LogP contribution < -0.4 is 5.32 Å². The Morgan fingerprint density at radius 2 is 2.13 bits per heavy atom. The number of fused-ring (bicyclic) bond motifs is 1. The van der Waals surface area contributed by atoms with Gasteiger partial charge in [0.15, 0.2) is 5.82 Å². The molecule has 0 saturated carbocycles. The Kier molecular flexibility index (Phi) is 5.80. The van der Waals surface area contributed by atoms with Crippen molar-refractivity contribution >= 4 is 6.03 Å². The molecule has 1 aromatic heterocycles. The van der Waals surface area contributed by atoms with E-state index in [-0.39, 0.29) is 18.1 Å². The number of carbonyl (C=O) groups is 1. The second-order valence-corrected chi connectivity index (χ2v) is 6.66. The third-order valence-electron chi connectivity index (χ3n) is 4.41. The fourth-order valence-electron chi connectivity index (χ4n) is 3.05. The van der Waals surface area contributed by atoms with Gasteiger partial charge in [-0.2, -0.15) is 0 Å². The predicted molar refractivity (Wildman–Crippen MR) is 91.3 cm³/mol. The fourth-order valence-corrected chi connectivity index (χ4v) is 3.05. The lowest BCUT2D eigenvalue weighted by Crippen LogP contribution is -2.48. The Balaban J connectivity index is 1.99. The Morgan fingerprint density at radius 1 is 1.39 bits per heavy atom. The zero-order valence-corrected chi connectivity index (χ0v) is 14.7. The fraction of sp³-hybridized carbons (Fsp3) is 0.706. The average molecular weight is 319 g/mol. The van der Waals surface area contributed by atoms with Crippen molar-refractivity contribution in [3.63, 3.8) is 0 Å². The van der Waals surface area contributed by atoms with Crippen molar-refractivity contribution in [2.24, 2.45) is 0 Å². The molecule has 6 heteroatoms. The molecular weight excluding hydrogens is 290 g/mol. The van der Waals surface area contributed by atoms with Gasteiger partial charge < -0.3 is 14.8 Å². The van der Waals surface area contributed by atoms with Gasteiger partial charge >= 0.3 is 6.03 Å². The summed E-state index contributed by atoms with van der Waals surface area (Å²) in [6.07, 6.45) is 4.92. The highest BCUT2D eigenvalue weighted by atomic mass is 16.2. The van der Waals surface area contributed by atoms with Gasteiger partial charge in [0, 0.05) is 25.0 Å². The van der Waals surface area contributed by atoms with Crippen LogP contribution in [0.25, 0.3) is 0 Å². The number of carbonyl (C=O) groups excluding carboxylic acids is 1. The number of urea groups is 1. The van der Waals surface area contributed by atoms with Crippen LogP contribution in [0, 0.1) is 0 Å². The molecule has 1 aliphatic heterocycles. The van der Waals surface area contributed by atoms with E-state index in [0.717, 1.165) is 37.5 Å². The maximum atomic E-state index is 12.5. The Morgan fingerprint density at radius 3 is 2.78 bits per heavy atom. The molecule has 2 heterocycles. The van der Waals surface area contributed by atoms with E-state index in [9.17, 15) is 4.79 Å². The molecular formula is C17H29N5O. The first-order valence-corrected chi connectivity index (χ1v) is 8.56. The third kappa shape index (κ3) is 3.92. The van der Waals surface area contributed by atoms with Crippen LogP contribution in [0.2, 0.25) is 0 Å². The van der Waals surface area contributed by atoms with Crippen molar-refractivity contribution < 1.29 is 4.79 Å². The summed E-state index contributed by atoms with van der Waals surface area (Å²) < 4.78 is 2.16. The first-order chi connectivity index (χ1) is 11.0. The number of allylic oxidation sites excluding steroid dienone is 1. The standard InChI is InChI=1S/C17H29N5O/c1-6-7-8-9-13(4)18-17(23)21-10-11-22-15(12(2)3)19-20-16(22)14(21)5/h6,12-14H,1,7-11H2,2-5H3,(H,18,23). The van der Waals surface area contributed by atoms with Crippen molar-refractivity contribution in [2.45, 2.75) is 71.5 Å². The summed E-state index contributed by atoms with van der Waals surface area (Å²) >= 11 is 0. The molecule has 2 amide bonds. The van der Waals surface area contributed by atoms with Gasteiger partial charge in [0.1, 0.15) is 5.82 Å². The molecule has 0 aliphatic carbocycles. The number of hydrogen-bond donors (Lipinski definition) is 1. The van der Waals surface area contributed by atoms with E-state index in [2.05, 4.69) is 47.4 Å². The van der Waals surface area contributed by atoms with Crippen molar-refractivity contribution in [1.82, 2.24) is 25.0 Å². The van der Waals surface area contributed by atoms with Crippen LogP contribution >= 0.6 is 0 Å². The largest absolute Gasteiger partial charge is 0.336 e. The van der Waals surface area contributed by atoms with Gasteiger partial charge in [0.2, 0.25) is 0 Å². The van der Waals surface area contributed by atoms with Gasteiger partial charge in [-0.05, 0) is 33.1 Å². The summed E-state index contributed by atoms with van der Waals surface area (Å²) in [5.41, 5.74) is 0. The zero-order chi connectivity index (χ0) is 17.0. The topological polar surface area (TPSA) is 63.1 Å². The van der Waals surface area contributed by atoms with Crippen molar-refractivity contribution in [2.75, 3.05) is 6.54 Å². The number of nitrogens with zero attached hydrogens (tertiary/aromatic N) is 4. The Labute approximate surface area is 139 Å². The second kappa shape index (κ2) is 7.62. The molecule has 0 saturated heterocycles. The van der Waals surface area contributed by atoms with Crippen LogP contribution in [0.15, 0.2) is 12.7 Å². The Hall–Kier alpha value is -1.85. The molecule has 1 aromatic rings. The lowest BCUT2D eigenvalue weighted by Gasteiger charge is -2.34. The zero-order valence-electron chi connectivity index (χ0n) is 14.7. The molecule has 1 N–H and O–H groups in total. The highest BCUT2D eigenvalue weighted by Crippen LogP contribution is 2.26. The van der Waals surface area contributed by atoms with E-state index in [0.29, 0.717) is 12.5 Å². The van der Waals surface area contributed by atoms with E-state index < -0.39 is 0 Å². The SMILES string of the molecule is C=CCCCC(C)NC(=O)N1CCn2c(C(C)C)nnc2C1C. The molecule has 2 unspecified atom stereocenters. The summed E-state index contributed by atoms with van der Waals surface area (Å²) in [4.78, 5) is 14.4. The number of amides is 2. The van der Waals surface area contributed by atoms with Gasteiger partial charge in [0.25, 0.3) is 0 Å². The number of unbranched alkanes of at least 4 members (excludes halogenated alkanes) is 1. The van der Waals surface area contributed by atoms with Crippen LogP contribution in [0.5, 0.6) is 0 Å². The van der Waals surface area contributed by atoms with Crippen LogP contribution in [0.1, 0.15) is 70.6 Å². The summed E-state index contributed by atoms with van der Waals surface area (Å²) in [7, 11) is 0. The lowest BCUT2D eigenvalue weighted by atomic mass is 10.1. The van der Waals surface area contributed by atoms with Crippen molar-refractivity contribution in [3.8, 4) is 0 Å². The van der Waals surface area contributed by atoms with Crippen molar-refractivity contribution in [1.29, 1.82) is 0 Å². The lowest BCUT2D eigenvalue weighted by molar-refractivity contribution is 0.156. The van der Waals surface area contributed by atoms with Crippen molar-refractivity contribution in [3.05, 3.63) is 24.3 Å². The van der Waals surface area contributed by atoms with E-state index in [1.54, 1.807) is 0 Å². The van der Waals surface area contributed by atoms with E-state index in [4.69, 9.17) is 0 Å². The maximum Gasteiger partial charge on any atom is 0.318 e. The van der Waals surface area contributed by atoms with E-state index in [1.165, 1.54) is 0 Å². The van der Waals surface area contributed by atoms with E-state index >= 15 is 0 Å². The first-order valence-electron chi connectivity index (χ1n) is 8.56. The minimum absolute atomic E-state index is 0.0102. The molecule has 6 nitrogen and oxygen atoms in total. The molecule has 23 heavy (non-hydrogen) atoms. The summed E-state index contributed by atoms with van der Waals surface area (Å²) in [5.74, 6) is 2.23. The van der Waals surface area contributed by atoms with Gasteiger partial charge in [-0.25, -0.2) is 4.79 Å². The normalized spacial score (nSPS) is 18.7. The summed E-state index contributed by atoms with van der Waals surface area (Å²) in [6, 6.07) is 0.105. The number of nitrogens with one attached hydrogen (secondary N) is 1. The Bertz CT molecular complexity index is 551. The molecule has 0 bridgehead atoms. The molecule has 2 rings (SSSR count). The number of hydrogen-bond acceptors (Lipinski definition) is 3. The van der Waals surface area contributed by atoms with Gasteiger partial charge in [0.05, 0.1) is 6.04 Å². The number of aromatic nitrogens is 3. The van der Waals surface area contributed by atoms with Gasteiger partial charge in [-0.3, -0.25) is 0 Å².